The van der Waals surface area contributed by atoms with E-state index in [0.29, 0.717) is 82.1 Å². The number of nitrogens with one attached hydrogen (secondary N) is 8. The number of thiazole rings is 2. The second-order valence-corrected chi connectivity index (χ2v) is 42.2. The first-order valence-corrected chi connectivity index (χ1v) is 48.1. The van der Waals surface area contributed by atoms with Crippen LogP contribution in [-0.2, 0) is 51.4 Å². The van der Waals surface area contributed by atoms with Crippen molar-refractivity contribution in [2.24, 2.45) is 37.9 Å². The largest absolute Gasteiger partial charge is 0.345 e. The predicted molar refractivity (Wildman–Crippen MR) is 585 cm³/mol. The Bertz CT molecular complexity index is 5540. The van der Waals surface area contributed by atoms with Gasteiger partial charge in [-0.15, -0.1) is 28.6 Å². The maximum atomic E-state index is 12.1. The SMILES string of the molecule is C.C.C.C.C.C.C.CC(C)(C)C#CCCC(=O)c1csc(-c2ccncc2)n1.CC(C)(C)C#CCNC(=O)CCC(=O)Nc1ccccc1.CC(C)(C)C#CCNC(=O)CCCC1=C2C=CC=CC2NC1.CC(C)(C)C#CCNC(=O)CS(C)(=O)=O.CC(C)(C)C#CCNC(=O)Cc1ccncc1.CC(C)(C)C#CCNC(=O)Cc1ccsc1.CC(C)(C)C#CCNC(=O)c1ccc2ncsc2c1. The number of para-hydroxylation sites is 1. The van der Waals surface area contributed by atoms with Crippen LogP contribution in [-0.4, -0.2) is 139 Å². The molecule has 0 saturated heterocycles. The van der Waals surface area contributed by atoms with Gasteiger partial charge in [0.05, 0.1) is 73.9 Å². The summed E-state index contributed by atoms with van der Waals surface area (Å²) >= 11 is 4.62. The van der Waals surface area contributed by atoms with Gasteiger partial charge < -0.3 is 42.5 Å². The first kappa shape index (κ1) is 134. The number of carbonyl (C=O) groups excluding carboxylic acids is 8. The van der Waals surface area contributed by atoms with E-state index in [1.54, 1.807) is 59.8 Å². The van der Waals surface area contributed by atoms with Crippen LogP contribution in [0.5, 0.6) is 0 Å². The third kappa shape index (κ3) is 70.6. The average Bonchev–Trinajstić information content (AvgIpc) is 2.03. The van der Waals surface area contributed by atoms with Crippen LogP contribution in [0.1, 0.15) is 274 Å². The van der Waals surface area contributed by atoms with Crippen LogP contribution in [0.15, 0.2) is 161 Å². The van der Waals surface area contributed by atoms with E-state index in [1.807, 2.05) is 181 Å². The standard InChI is InChI=1S/C19H26N2O.C17H22N2O2.C17H18N2OS.C15H16N2OS.C14H18N2O.C13H17NOS.C10H17NO3S.7CH4/c1-19(2,3)12-7-13-20-18(22)11-6-8-15-14-21-17-10-5-4-9-16(15)17;1-17(2,3)12-7-13-18-15(20)10-11-16(21)19-14-8-5-4-6-9-14;1-17(2,3)9-5-4-6-15(20)14-12-21-16(19-14)13-7-10-18-11-8-13;1-15(2,3)7-4-8-16-14(18)11-5-6-12-13(9-11)19-10-17-12;1-14(2,3)7-4-8-16-13(17)11-12-5-9-15-10-6-12;1-13(2,3)6-4-7-14-12(15)9-11-5-8-16-10-11;1-10(2,3)6-5-7-11-9(12)8-15(4,13)14;;;;;;;/h4-5,9-10,17,21H,6,8,11,13-14H2,1-3H3,(H,20,22);4-6,8-9H,10-11,13H2,1-3H3,(H,18,20)(H,19,21);7-8,10-12H,4,6H2,1-3H3;5-6,9-10H,8H2,1-3H3,(H,16,18);5-6,9-10H,8,11H2,1-3H3,(H,16,17);5,8,10H,7,9H2,1-3H3,(H,14,15);7-8H2,1-4H3,(H,11,12);7*1H4. The van der Waals surface area contributed by atoms with Gasteiger partial charge in [0.1, 0.15) is 16.5 Å². The van der Waals surface area contributed by atoms with Crippen molar-refractivity contribution in [3.05, 3.63) is 183 Å². The van der Waals surface area contributed by atoms with Crippen molar-refractivity contribution in [1.29, 1.82) is 0 Å². The lowest BCUT2D eigenvalue weighted by Crippen LogP contribution is -2.30. The molecule has 7 amide bonds. The Hall–Kier alpha value is -12.0. The van der Waals surface area contributed by atoms with Crippen LogP contribution < -0.4 is 42.5 Å². The van der Waals surface area contributed by atoms with E-state index in [2.05, 4.69) is 211 Å². The van der Waals surface area contributed by atoms with Crippen LogP contribution in [0.2, 0.25) is 0 Å². The van der Waals surface area contributed by atoms with Crippen LogP contribution in [0.4, 0.5) is 5.69 Å². The quantitative estimate of drug-likeness (QED) is 0.0195. The molecule has 22 nitrogen and oxygen atoms in total. The topological polar surface area (TPSA) is 318 Å². The second-order valence-electron chi connectivity index (χ2n) is 37.5. The van der Waals surface area contributed by atoms with E-state index in [0.717, 1.165) is 63.2 Å². The number of thiophene rings is 1. The Balaban J connectivity index is -0.000000496. The number of aromatic nitrogens is 4. The van der Waals surface area contributed by atoms with Gasteiger partial charge in [-0.05, 0) is 246 Å². The van der Waals surface area contributed by atoms with Gasteiger partial charge in [0, 0.05) is 130 Å². The number of pyridine rings is 2. The second kappa shape index (κ2) is 68.9. The van der Waals surface area contributed by atoms with Gasteiger partial charge in [0.2, 0.25) is 35.4 Å². The van der Waals surface area contributed by atoms with E-state index in [-0.39, 0.29) is 151 Å². The van der Waals surface area contributed by atoms with Crippen LogP contribution in [0.3, 0.4) is 0 Å². The zero-order chi connectivity index (χ0) is 97.8. The number of sulfone groups is 1. The number of hydrogen-bond donors (Lipinski definition) is 8. The van der Waals surface area contributed by atoms with Gasteiger partial charge in [-0.3, -0.25) is 48.3 Å². The fraction of sp³-hybridized carbons (Fsp3) is 0.482. The lowest BCUT2D eigenvalue weighted by Gasteiger charge is -2.10. The third-order valence-corrected chi connectivity index (χ3v) is 19.4. The molecule has 9 rings (SSSR count). The van der Waals surface area contributed by atoms with Crippen molar-refractivity contribution in [3.63, 3.8) is 0 Å². The highest BCUT2D eigenvalue weighted by molar-refractivity contribution is 7.91. The molecule has 26 heteroatoms. The number of rotatable bonds is 25. The monoisotopic (exact) mass is 1960 g/mol. The number of allylic oxidation sites excluding steroid dienone is 2. The smallest absolute Gasteiger partial charge is 0.252 e. The van der Waals surface area contributed by atoms with Gasteiger partial charge >= 0.3 is 0 Å². The number of carbonyl (C=O) groups is 8. The number of anilines is 1. The van der Waals surface area contributed by atoms with Crippen molar-refractivity contribution in [1.82, 2.24) is 57.2 Å². The highest BCUT2D eigenvalue weighted by Crippen LogP contribution is 2.27. The summed E-state index contributed by atoms with van der Waals surface area (Å²) in [6.07, 6.45) is 20.9. The van der Waals surface area contributed by atoms with Gasteiger partial charge in [0.15, 0.2) is 15.6 Å². The Kier molecular flexibility index (Phi) is 67.1. The summed E-state index contributed by atoms with van der Waals surface area (Å²) in [5.41, 5.74) is 10.2. The van der Waals surface area contributed by atoms with E-state index in [1.165, 1.54) is 33.8 Å². The van der Waals surface area contributed by atoms with E-state index in [9.17, 15) is 46.8 Å². The van der Waals surface area contributed by atoms with Crippen molar-refractivity contribution in [2.45, 2.75) is 261 Å². The number of benzene rings is 2. The molecular weight excluding hydrogens is 1800 g/mol. The molecule has 6 heterocycles. The molecule has 0 spiro atoms. The molecule has 1 unspecified atom stereocenters. The van der Waals surface area contributed by atoms with Gasteiger partial charge in [0.25, 0.3) is 5.91 Å². The fourth-order valence-corrected chi connectivity index (χ4v) is 13.2. The van der Waals surface area contributed by atoms with Crippen LogP contribution in [0, 0.1) is 121 Å². The minimum atomic E-state index is -3.25. The summed E-state index contributed by atoms with van der Waals surface area (Å²) < 4.78 is 22.5. The molecule has 138 heavy (non-hydrogen) atoms. The molecule has 2 aromatic carbocycles. The number of ketones is 1. The van der Waals surface area contributed by atoms with Crippen LogP contribution in [0.25, 0.3) is 20.8 Å². The Morgan fingerprint density at radius 3 is 1.38 bits per heavy atom. The highest BCUT2D eigenvalue weighted by Gasteiger charge is 2.23. The third-order valence-electron chi connectivity index (χ3n) is 16.2. The maximum absolute atomic E-state index is 12.1. The molecule has 2 aliphatic rings. The molecule has 0 saturated carbocycles. The van der Waals surface area contributed by atoms with Crippen molar-refractivity contribution in [2.75, 3.05) is 63.1 Å². The lowest BCUT2D eigenvalue weighted by molar-refractivity contribution is -0.124. The molecule has 754 valence electrons. The molecule has 1 aliphatic heterocycles. The van der Waals surface area contributed by atoms with Gasteiger partial charge in [-0.1, -0.05) is 177 Å². The Morgan fingerprint density at radius 1 is 0.464 bits per heavy atom. The number of fused-ring (bicyclic) bond motifs is 2. The lowest BCUT2D eigenvalue weighted by atomic mass is 9.97. The maximum Gasteiger partial charge on any atom is 0.252 e. The normalized spacial score (nSPS) is 11.6. The summed E-state index contributed by atoms with van der Waals surface area (Å²) in [5.74, 6) is 40.8. The fourth-order valence-electron chi connectivity index (χ4n) is 10.4. The molecule has 1 atom stereocenters. The minimum Gasteiger partial charge on any atom is -0.345 e. The van der Waals surface area contributed by atoms with E-state index in [4.69, 9.17) is 0 Å². The summed E-state index contributed by atoms with van der Waals surface area (Å²) in [6, 6.07) is 24.5. The summed E-state index contributed by atoms with van der Waals surface area (Å²) in [5, 5.41) is 29.2. The zero-order valence-corrected chi connectivity index (χ0v) is 83.8. The average molecular weight is 1960 g/mol. The number of nitrogens with zero attached hydrogens (tertiary/aromatic N) is 4. The minimum absolute atomic E-state index is 0. The molecule has 0 radical (unpaired) electrons. The molecular formula is C112H162N12O10S4. The van der Waals surface area contributed by atoms with Crippen molar-refractivity contribution in [3.8, 4) is 93.5 Å². The molecule has 0 bridgehead atoms. The molecule has 1 aliphatic carbocycles. The first-order valence-electron chi connectivity index (χ1n) is 43.4. The van der Waals surface area contributed by atoms with E-state index < -0.39 is 21.5 Å². The van der Waals surface area contributed by atoms with Crippen LogP contribution >= 0.6 is 34.0 Å². The number of hydrogen-bond acceptors (Lipinski definition) is 18. The van der Waals surface area contributed by atoms with Gasteiger partial charge in [-0.2, -0.15) is 11.3 Å². The molecule has 0 fully saturated rings. The van der Waals surface area contributed by atoms with E-state index >= 15 is 0 Å². The molecule has 8 N–H and O–H groups in total. The van der Waals surface area contributed by atoms with Gasteiger partial charge in [-0.25, -0.2) is 18.4 Å². The summed E-state index contributed by atoms with van der Waals surface area (Å²) in [7, 11) is -3.25. The van der Waals surface area contributed by atoms with Crippen molar-refractivity contribution >= 4 is 107 Å². The summed E-state index contributed by atoms with van der Waals surface area (Å²) in [4.78, 5) is 110. The van der Waals surface area contributed by atoms with Crippen molar-refractivity contribution < 1.29 is 46.8 Å². The first-order chi connectivity index (χ1) is 61.3. The molecule has 5 aromatic heterocycles. The summed E-state index contributed by atoms with van der Waals surface area (Å²) in [6.45, 7) is 45.8. The number of Topliss-reactive ketones (excluding diaryl/α,β-unsaturated/α-hetero) is 1. The predicted octanol–water partition coefficient (Wildman–Crippen LogP) is 21.5. The molecule has 7 aromatic rings. The Morgan fingerprint density at radius 2 is 0.906 bits per heavy atom. The Labute approximate surface area is 843 Å². The highest BCUT2D eigenvalue weighted by atomic mass is 32.2. The number of amides is 7. The zero-order valence-electron chi connectivity index (χ0n) is 80.5.